The highest BCUT2D eigenvalue weighted by Crippen LogP contribution is 2.34. The van der Waals surface area contributed by atoms with Crippen LogP contribution in [0.2, 0.25) is 0 Å². The van der Waals surface area contributed by atoms with Gasteiger partial charge in [0, 0.05) is 43.1 Å². The summed E-state index contributed by atoms with van der Waals surface area (Å²) in [6.07, 6.45) is 0.193. The van der Waals surface area contributed by atoms with Crippen molar-refractivity contribution in [1.29, 1.82) is 0 Å². The summed E-state index contributed by atoms with van der Waals surface area (Å²) < 4.78 is 13.5. The van der Waals surface area contributed by atoms with Gasteiger partial charge in [0.2, 0.25) is 11.8 Å². The van der Waals surface area contributed by atoms with Gasteiger partial charge in [0.25, 0.3) is 5.91 Å². The van der Waals surface area contributed by atoms with E-state index in [1.807, 2.05) is 24.3 Å². The van der Waals surface area contributed by atoms with Crippen molar-refractivity contribution in [2.75, 3.05) is 30.3 Å². The summed E-state index contributed by atoms with van der Waals surface area (Å²) in [5.74, 6) is -0.644. The molecule has 0 aliphatic carbocycles. The van der Waals surface area contributed by atoms with Gasteiger partial charge in [-0.05, 0) is 24.3 Å². The molecule has 29 heavy (non-hydrogen) atoms. The highest BCUT2D eigenvalue weighted by atomic mass is 32.2. The van der Waals surface area contributed by atoms with Crippen LogP contribution in [0.5, 0.6) is 0 Å². The molecule has 0 unspecified atom stereocenters. The molecule has 1 heterocycles. The Morgan fingerprint density at radius 2 is 1.69 bits per heavy atom. The number of thioether (sulfide) groups is 1. The third kappa shape index (κ3) is 5.57. The van der Waals surface area contributed by atoms with E-state index in [0.717, 1.165) is 16.3 Å². The number of carbonyl (C=O) groups is 3. The minimum absolute atomic E-state index is 0.0376. The molecule has 1 aliphatic heterocycles. The molecule has 1 aliphatic rings. The van der Waals surface area contributed by atoms with E-state index in [0.29, 0.717) is 6.54 Å². The van der Waals surface area contributed by atoms with E-state index in [1.165, 1.54) is 18.2 Å². The van der Waals surface area contributed by atoms with Gasteiger partial charge in [-0.3, -0.25) is 14.4 Å². The largest absolute Gasteiger partial charge is 0.354 e. The number of nitrogens with zero attached hydrogens (tertiary/aromatic N) is 1. The number of hydrogen-bond acceptors (Lipinski definition) is 4. The summed E-state index contributed by atoms with van der Waals surface area (Å²) in [5.41, 5.74) is 0.856. The molecule has 2 aromatic carbocycles. The van der Waals surface area contributed by atoms with E-state index in [-0.39, 0.29) is 43.3 Å². The van der Waals surface area contributed by atoms with Crippen molar-refractivity contribution in [2.45, 2.75) is 17.7 Å². The van der Waals surface area contributed by atoms with Crippen molar-refractivity contribution >= 4 is 35.2 Å². The lowest BCUT2D eigenvalue weighted by atomic mass is 10.2. The average molecular weight is 415 g/mol. The van der Waals surface area contributed by atoms with Crippen LogP contribution in [0.3, 0.4) is 0 Å². The van der Waals surface area contributed by atoms with Crippen LogP contribution in [0.25, 0.3) is 0 Å². The van der Waals surface area contributed by atoms with Gasteiger partial charge in [-0.2, -0.15) is 0 Å². The molecular weight excluding hydrogens is 393 g/mol. The van der Waals surface area contributed by atoms with Gasteiger partial charge in [0.15, 0.2) is 0 Å². The van der Waals surface area contributed by atoms with Gasteiger partial charge >= 0.3 is 0 Å². The van der Waals surface area contributed by atoms with E-state index in [1.54, 1.807) is 22.7 Å². The van der Waals surface area contributed by atoms with Crippen molar-refractivity contribution in [3.8, 4) is 0 Å². The van der Waals surface area contributed by atoms with Crippen molar-refractivity contribution in [2.24, 2.45) is 0 Å². The second-order valence-corrected chi connectivity index (χ2v) is 7.58. The zero-order valence-corrected chi connectivity index (χ0v) is 16.6. The van der Waals surface area contributed by atoms with Gasteiger partial charge < -0.3 is 15.5 Å². The summed E-state index contributed by atoms with van der Waals surface area (Å²) in [4.78, 5) is 39.2. The van der Waals surface area contributed by atoms with Crippen LogP contribution in [0.15, 0.2) is 53.4 Å². The van der Waals surface area contributed by atoms with E-state index in [2.05, 4.69) is 10.6 Å². The number of amides is 3. The predicted molar refractivity (Wildman–Crippen MR) is 110 cm³/mol. The molecule has 0 radical (unpaired) electrons. The molecule has 2 aromatic rings. The zero-order valence-electron chi connectivity index (χ0n) is 15.8. The monoisotopic (exact) mass is 415 g/mol. The van der Waals surface area contributed by atoms with Gasteiger partial charge in [-0.15, -0.1) is 11.8 Å². The van der Waals surface area contributed by atoms with Crippen molar-refractivity contribution in [1.82, 2.24) is 10.6 Å². The molecule has 0 saturated carbocycles. The Morgan fingerprint density at radius 1 is 0.966 bits per heavy atom. The second-order valence-electron chi connectivity index (χ2n) is 6.45. The highest BCUT2D eigenvalue weighted by Gasteiger charge is 2.22. The van der Waals surface area contributed by atoms with Crippen LogP contribution in [0, 0.1) is 5.82 Å². The molecule has 2 N–H and O–H groups in total. The average Bonchev–Trinajstić information content (AvgIpc) is 2.74. The maximum atomic E-state index is 13.5. The predicted octanol–water partition coefficient (Wildman–Crippen LogP) is 2.59. The topological polar surface area (TPSA) is 78.5 Å². The standard InChI is InChI=1S/C21H22FN3O3S/c22-16-6-2-1-5-15(16)21(28)24-12-11-23-19(26)9-10-20(27)25-13-14-29-18-8-4-3-7-17(18)25/h1-8H,9-14H2,(H,23,26)(H,24,28). The summed E-state index contributed by atoms with van der Waals surface area (Å²) in [7, 11) is 0. The quantitative estimate of drug-likeness (QED) is 0.682. The van der Waals surface area contributed by atoms with E-state index in [4.69, 9.17) is 0 Å². The molecule has 0 bridgehead atoms. The lowest BCUT2D eigenvalue weighted by Crippen LogP contribution is -2.37. The van der Waals surface area contributed by atoms with Crippen LogP contribution in [0.1, 0.15) is 23.2 Å². The number of hydrogen-bond donors (Lipinski definition) is 2. The van der Waals surface area contributed by atoms with Crippen molar-refractivity contribution in [3.63, 3.8) is 0 Å². The maximum absolute atomic E-state index is 13.5. The number of para-hydroxylation sites is 1. The molecule has 0 spiro atoms. The number of anilines is 1. The van der Waals surface area contributed by atoms with Gasteiger partial charge in [-0.1, -0.05) is 24.3 Å². The van der Waals surface area contributed by atoms with Crippen LogP contribution in [-0.4, -0.2) is 43.1 Å². The lowest BCUT2D eigenvalue weighted by Gasteiger charge is -2.29. The molecule has 3 rings (SSSR count). The minimum atomic E-state index is -0.592. The lowest BCUT2D eigenvalue weighted by molar-refractivity contribution is -0.125. The summed E-state index contributed by atoms with van der Waals surface area (Å²) in [6.45, 7) is 1.00. The Balaban J connectivity index is 1.38. The van der Waals surface area contributed by atoms with Crippen molar-refractivity contribution < 1.29 is 18.8 Å². The first-order valence-corrected chi connectivity index (χ1v) is 10.4. The van der Waals surface area contributed by atoms with Gasteiger partial charge in [0.1, 0.15) is 5.82 Å². The van der Waals surface area contributed by atoms with E-state index < -0.39 is 11.7 Å². The Hall–Kier alpha value is -2.87. The minimum Gasteiger partial charge on any atom is -0.354 e. The third-order valence-electron chi connectivity index (χ3n) is 4.45. The van der Waals surface area contributed by atoms with Gasteiger partial charge in [0.05, 0.1) is 11.3 Å². The number of rotatable bonds is 7. The molecule has 8 heteroatoms. The zero-order chi connectivity index (χ0) is 20.6. The second kappa shape index (κ2) is 10.1. The number of carbonyl (C=O) groups excluding carboxylic acids is 3. The number of benzene rings is 2. The van der Waals surface area contributed by atoms with E-state index >= 15 is 0 Å². The molecule has 6 nitrogen and oxygen atoms in total. The molecule has 152 valence electrons. The fourth-order valence-corrected chi connectivity index (χ4v) is 3.99. The molecular formula is C21H22FN3O3S. The molecule has 0 fully saturated rings. The smallest absolute Gasteiger partial charge is 0.254 e. The first-order chi connectivity index (χ1) is 14.1. The molecule has 0 saturated heterocycles. The Morgan fingerprint density at radius 3 is 2.52 bits per heavy atom. The fraction of sp³-hybridized carbons (Fsp3) is 0.286. The highest BCUT2D eigenvalue weighted by molar-refractivity contribution is 7.99. The first-order valence-electron chi connectivity index (χ1n) is 9.38. The summed E-state index contributed by atoms with van der Waals surface area (Å²) in [5, 5.41) is 5.21. The summed E-state index contributed by atoms with van der Waals surface area (Å²) in [6, 6.07) is 13.4. The maximum Gasteiger partial charge on any atom is 0.254 e. The Kier molecular flexibility index (Phi) is 7.24. The van der Waals surface area contributed by atoms with E-state index in [9.17, 15) is 18.8 Å². The molecule has 0 atom stereocenters. The van der Waals surface area contributed by atoms with Crippen molar-refractivity contribution in [3.05, 3.63) is 59.9 Å². The van der Waals surface area contributed by atoms with Crippen LogP contribution in [-0.2, 0) is 9.59 Å². The summed E-state index contributed by atoms with van der Waals surface area (Å²) >= 11 is 1.72. The van der Waals surface area contributed by atoms with Crippen LogP contribution < -0.4 is 15.5 Å². The normalized spacial score (nSPS) is 12.8. The fourth-order valence-electron chi connectivity index (χ4n) is 2.99. The third-order valence-corrected chi connectivity index (χ3v) is 5.49. The number of halogens is 1. The molecule has 3 amide bonds. The molecule has 0 aromatic heterocycles. The Bertz CT molecular complexity index is 906. The number of fused-ring (bicyclic) bond motifs is 1. The van der Waals surface area contributed by atoms with Crippen LogP contribution in [0.4, 0.5) is 10.1 Å². The Labute approximate surface area is 172 Å². The SMILES string of the molecule is O=C(CCC(=O)N1CCSc2ccccc21)NCCNC(=O)c1ccccc1F. The van der Waals surface area contributed by atoms with Gasteiger partial charge in [-0.25, -0.2) is 4.39 Å². The van der Waals surface area contributed by atoms with Crippen LogP contribution >= 0.6 is 11.8 Å². The first kappa shape index (κ1) is 20.9. The number of nitrogens with one attached hydrogen (secondary N) is 2.